The van der Waals surface area contributed by atoms with E-state index in [2.05, 4.69) is 19.2 Å². The Kier molecular flexibility index (Phi) is 20.3. The van der Waals surface area contributed by atoms with Gasteiger partial charge in [0.25, 0.3) is 0 Å². The number of carboxylic acid groups (broad SMARTS) is 1. The average molecular weight is 259 g/mol. The maximum Gasteiger partial charge on any atom is 0.404 e. The highest BCUT2D eigenvalue weighted by atomic mass is 16.4. The van der Waals surface area contributed by atoms with E-state index in [4.69, 9.17) is 5.11 Å². The molecule has 0 saturated heterocycles. The van der Waals surface area contributed by atoms with Crippen LogP contribution in [0.15, 0.2) is 0 Å². The first-order chi connectivity index (χ1) is 8.68. The predicted molar refractivity (Wildman–Crippen MR) is 79.2 cm³/mol. The highest BCUT2D eigenvalue weighted by Gasteiger charge is 1.89. The van der Waals surface area contributed by atoms with Crippen molar-refractivity contribution in [1.82, 2.24) is 5.32 Å². The summed E-state index contributed by atoms with van der Waals surface area (Å²) in [6.07, 6.45) is 12.5. The molecule has 0 spiro atoms. The number of carbonyl (C=O) groups is 1. The summed E-state index contributed by atoms with van der Waals surface area (Å²) in [4.78, 5) is 9.76. The van der Waals surface area contributed by atoms with Crippen LogP contribution >= 0.6 is 0 Å². The summed E-state index contributed by atoms with van der Waals surface area (Å²) < 4.78 is 0. The van der Waals surface area contributed by atoms with Gasteiger partial charge in [-0.1, -0.05) is 78.6 Å². The fraction of sp³-hybridized carbons (Fsp3) is 0.933. The van der Waals surface area contributed by atoms with Gasteiger partial charge in [-0.25, -0.2) is 4.79 Å². The second-order valence-corrected chi connectivity index (χ2v) is 4.71. The Morgan fingerprint density at radius 3 is 1.50 bits per heavy atom. The first kappa shape index (κ1) is 19.6. The van der Waals surface area contributed by atoms with Gasteiger partial charge < -0.3 is 10.4 Å². The minimum Gasteiger partial charge on any atom is -0.465 e. The van der Waals surface area contributed by atoms with Crippen molar-refractivity contribution in [3.05, 3.63) is 0 Å². The van der Waals surface area contributed by atoms with Crippen LogP contribution in [0.5, 0.6) is 0 Å². The molecule has 0 unspecified atom stereocenters. The SMILES string of the molecule is CCCCCCCCCC.CCCCNC(=O)O. The van der Waals surface area contributed by atoms with E-state index >= 15 is 0 Å². The second-order valence-electron chi connectivity index (χ2n) is 4.71. The van der Waals surface area contributed by atoms with Crippen molar-refractivity contribution in [3.8, 4) is 0 Å². The van der Waals surface area contributed by atoms with Crippen LogP contribution in [0.1, 0.15) is 85.0 Å². The van der Waals surface area contributed by atoms with Crippen LogP contribution in [0.4, 0.5) is 4.79 Å². The van der Waals surface area contributed by atoms with E-state index in [9.17, 15) is 4.79 Å². The number of hydrogen-bond acceptors (Lipinski definition) is 1. The van der Waals surface area contributed by atoms with Crippen molar-refractivity contribution < 1.29 is 9.90 Å². The predicted octanol–water partition coefficient (Wildman–Crippen LogP) is 5.20. The summed E-state index contributed by atoms with van der Waals surface area (Å²) in [5, 5.41) is 10.3. The molecule has 0 aliphatic rings. The van der Waals surface area contributed by atoms with Crippen LogP contribution in [0.2, 0.25) is 0 Å². The number of rotatable bonds is 10. The largest absolute Gasteiger partial charge is 0.465 e. The van der Waals surface area contributed by atoms with Crippen LogP contribution in [-0.4, -0.2) is 17.7 Å². The van der Waals surface area contributed by atoms with Gasteiger partial charge in [-0.15, -0.1) is 0 Å². The van der Waals surface area contributed by atoms with Crippen molar-refractivity contribution in [2.24, 2.45) is 0 Å². The van der Waals surface area contributed by atoms with E-state index in [0.717, 1.165) is 12.8 Å². The van der Waals surface area contributed by atoms with Crippen molar-refractivity contribution in [2.45, 2.75) is 85.0 Å². The smallest absolute Gasteiger partial charge is 0.404 e. The summed E-state index contributed by atoms with van der Waals surface area (Å²) in [6, 6.07) is 0. The van der Waals surface area contributed by atoms with Gasteiger partial charge in [-0.05, 0) is 6.42 Å². The molecular formula is C15H33NO2. The Balaban J connectivity index is 0. The van der Waals surface area contributed by atoms with Crippen molar-refractivity contribution >= 4 is 6.09 Å². The van der Waals surface area contributed by atoms with Crippen molar-refractivity contribution in [2.75, 3.05) is 6.54 Å². The van der Waals surface area contributed by atoms with Crippen LogP contribution in [0.3, 0.4) is 0 Å². The third kappa shape index (κ3) is 24.5. The molecule has 0 heterocycles. The summed E-state index contributed by atoms with van der Waals surface area (Å²) in [7, 11) is 0. The Morgan fingerprint density at radius 2 is 1.17 bits per heavy atom. The fourth-order valence-electron chi connectivity index (χ4n) is 1.58. The molecule has 0 rings (SSSR count). The van der Waals surface area contributed by atoms with Gasteiger partial charge in [0.05, 0.1) is 0 Å². The van der Waals surface area contributed by atoms with E-state index in [-0.39, 0.29) is 0 Å². The zero-order valence-electron chi connectivity index (χ0n) is 12.6. The van der Waals surface area contributed by atoms with E-state index in [0.29, 0.717) is 6.54 Å². The van der Waals surface area contributed by atoms with Gasteiger partial charge in [0.2, 0.25) is 0 Å². The Bertz CT molecular complexity index is 153. The molecule has 18 heavy (non-hydrogen) atoms. The van der Waals surface area contributed by atoms with E-state index in [1.54, 1.807) is 0 Å². The van der Waals surface area contributed by atoms with Crippen molar-refractivity contribution in [3.63, 3.8) is 0 Å². The molecule has 0 aromatic carbocycles. The Hall–Kier alpha value is -0.730. The first-order valence-electron chi connectivity index (χ1n) is 7.65. The first-order valence-corrected chi connectivity index (χ1v) is 7.65. The Morgan fingerprint density at radius 1 is 0.778 bits per heavy atom. The van der Waals surface area contributed by atoms with Gasteiger partial charge in [0.15, 0.2) is 0 Å². The van der Waals surface area contributed by atoms with Crippen LogP contribution in [-0.2, 0) is 0 Å². The van der Waals surface area contributed by atoms with Crippen LogP contribution in [0.25, 0.3) is 0 Å². The van der Waals surface area contributed by atoms with E-state index in [1.165, 1.54) is 51.4 Å². The number of amides is 1. The standard InChI is InChI=1S/C10H22.C5H11NO2/c1-3-5-7-9-10-8-6-4-2;1-2-3-4-6-5(7)8/h3-10H2,1-2H3;6H,2-4H2,1H3,(H,7,8). The molecule has 0 aromatic rings. The van der Waals surface area contributed by atoms with Crippen LogP contribution < -0.4 is 5.32 Å². The third-order valence-corrected chi connectivity index (χ3v) is 2.76. The molecule has 110 valence electrons. The quantitative estimate of drug-likeness (QED) is 0.530. The summed E-state index contributed by atoms with van der Waals surface area (Å²) in [6.45, 7) is 7.13. The molecule has 0 aliphatic heterocycles. The lowest BCUT2D eigenvalue weighted by Crippen LogP contribution is -2.21. The average Bonchev–Trinajstić information content (AvgIpc) is 2.34. The molecule has 3 nitrogen and oxygen atoms in total. The summed E-state index contributed by atoms with van der Waals surface area (Å²) in [5.74, 6) is 0. The number of hydrogen-bond donors (Lipinski definition) is 2. The van der Waals surface area contributed by atoms with Crippen LogP contribution in [0, 0.1) is 0 Å². The highest BCUT2D eigenvalue weighted by Crippen LogP contribution is 2.07. The number of unbranched alkanes of at least 4 members (excludes halogenated alkanes) is 8. The third-order valence-electron chi connectivity index (χ3n) is 2.76. The fourth-order valence-corrected chi connectivity index (χ4v) is 1.58. The molecule has 0 saturated carbocycles. The van der Waals surface area contributed by atoms with Gasteiger partial charge in [-0.3, -0.25) is 0 Å². The van der Waals surface area contributed by atoms with Gasteiger partial charge in [-0.2, -0.15) is 0 Å². The zero-order valence-corrected chi connectivity index (χ0v) is 12.6. The van der Waals surface area contributed by atoms with Gasteiger partial charge in [0.1, 0.15) is 0 Å². The molecule has 0 radical (unpaired) electrons. The lowest BCUT2D eigenvalue weighted by atomic mass is 10.1. The molecule has 2 N–H and O–H groups in total. The van der Waals surface area contributed by atoms with E-state index < -0.39 is 6.09 Å². The van der Waals surface area contributed by atoms with E-state index in [1.807, 2.05) is 6.92 Å². The molecule has 1 amide bonds. The summed E-state index contributed by atoms with van der Waals surface area (Å²) in [5.41, 5.74) is 0. The molecule has 0 fully saturated rings. The lowest BCUT2D eigenvalue weighted by Gasteiger charge is -1.97. The maximum absolute atomic E-state index is 9.76. The second kappa shape index (κ2) is 18.6. The molecule has 3 heteroatoms. The molecule has 0 bridgehead atoms. The molecule has 0 aromatic heterocycles. The normalized spacial score (nSPS) is 9.50. The monoisotopic (exact) mass is 259 g/mol. The summed E-state index contributed by atoms with van der Waals surface area (Å²) >= 11 is 0. The van der Waals surface area contributed by atoms with Gasteiger partial charge >= 0.3 is 6.09 Å². The van der Waals surface area contributed by atoms with Gasteiger partial charge in [0, 0.05) is 6.54 Å². The Labute approximate surface area is 113 Å². The van der Waals surface area contributed by atoms with Crippen molar-refractivity contribution in [1.29, 1.82) is 0 Å². The molecular weight excluding hydrogens is 226 g/mol. The topological polar surface area (TPSA) is 49.3 Å². The minimum absolute atomic E-state index is 0.575. The number of nitrogens with one attached hydrogen (secondary N) is 1. The molecule has 0 aliphatic carbocycles. The molecule has 0 atom stereocenters. The maximum atomic E-state index is 9.76. The lowest BCUT2D eigenvalue weighted by molar-refractivity contribution is 0.194. The zero-order chi connectivity index (χ0) is 14.1. The highest BCUT2D eigenvalue weighted by molar-refractivity contribution is 5.64. The minimum atomic E-state index is -0.932.